The number of thiophene rings is 1. The Morgan fingerprint density at radius 1 is 1.04 bits per heavy atom. The molecule has 0 saturated heterocycles. The maximum absolute atomic E-state index is 13.0. The second-order valence-corrected chi connectivity index (χ2v) is 8.11. The number of carboxylic acid groups (broad SMARTS) is 1. The van der Waals surface area contributed by atoms with E-state index in [2.05, 4.69) is 0 Å². The number of benzene rings is 2. The molecule has 0 bridgehead atoms. The number of amides is 1. The predicted molar refractivity (Wildman–Crippen MR) is 114 cm³/mol. The van der Waals surface area contributed by atoms with Crippen LogP contribution in [0.15, 0.2) is 60.7 Å². The van der Waals surface area contributed by atoms with Crippen molar-refractivity contribution in [2.75, 3.05) is 4.90 Å². The first-order chi connectivity index (χ1) is 13.4. The van der Waals surface area contributed by atoms with Crippen molar-refractivity contribution < 1.29 is 14.7 Å². The lowest BCUT2D eigenvalue weighted by Crippen LogP contribution is -2.34. The van der Waals surface area contributed by atoms with Gasteiger partial charge in [-0.2, -0.15) is 0 Å². The zero-order chi connectivity index (χ0) is 20.3. The summed E-state index contributed by atoms with van der Waals surface area (Å²) in [6.45, 7) is 6.00. The zero-order valence-corrected chi connectivity index (χ0v) is 17.0. The third-order valence-electron chi connectivity index (χ3n) is 4.48. The van der Waals surface area contributed by atoms with Crippen LogP contribution in [0.2, 0.25) is 0 Å². The zero-order valence-electron chi connectivity index (χ0n) is 16.2. The van der Waals surface area contributed by atoms with E-state index in [-0.39, 0.29) is 16.7 Å². The second-order valence-electron chi connectivity index (χ2n) is 7.06. The van der Waals surface area contributed by atoms with Crippen LogP contribution in [0.3, 0.4) is 0 Å². The molecule has 3 rings (SSSR count). The Bertz CT molecular complexity index is 975. The molecule has 3 aromatic rings. The lowest BCUT2D eigenvalue weighted by Gasteiger charge is -2.24. The SMILES string of the molecule is Cc1ccc(CN(C(=O)C(C)C)c2cc(-c3ccccc3)sc2C(=O)O)cc1. The molecular weight excluding hydrogens is 370 g/mol. The van der Waals surface area contributed by atoms with E-state index in [1.807, 2.05) is 81.4 Å². The Kier molecular flexibility index (Phi) is 5.95. The Balaban J connectivity index is 2.07. The number of rotatable bonds is 6. The molecule has 1 N–H and O–H groups in total. The fourth-order valence-corrected chi connectivity index (χ4v) is 3.95. The molecule has 5 heteroatoms. The van der Waals surface area contributed by atoms with Gasteiger partial charge in [-0.25, -0.2) is 4.79 Å². The molecule has 0 atom stereocenters. The minimum absolute atomic E-state index is 0.0968. The lowest BCUT2D eigenvalue weighted by atomic mass is 10.1. The highest BCUT2D eigenvalue weighted by Crippen LogP contribution is 2.38. The number of hydrogen-bond acceptors (Lipinski definition) is 3. The Hall–Kier alpha value is -2.92. The van der Waals surface area contributed by atoms with Gasteiger partial charge < -0.3 is 10.0 Å². The van der Waals surface area contributed by atoms with Crippen molar-refractivity contribution in [1.29, 1.82) is 0 Å². The maximum atomic E-state index is 13.0. The van der Waals surface area contributed by atoms with Gasteiger partial charge in [-0.3, -0.25) is 4.79 Å². The van der Waals surface area contributed by atoms with E-state index in [0.717, 1.165) is 21.6 Å². The average Bonchev–Trinajstić information content (AvgIpc) is 3.13. The molecule has 0 saturated carbocycles. The van der Waals surface area contributed by atoms with Crippen LogP contribution < -0.4 is 4.90 Å². The van der Waals surface area contributed by atoms with Crippen molar-refractivity contribution in [1.82, 2.24) is 0 Å². The van der Waals surface area contributed by atoms with Crippen molar-refractivity contribution in [2.24, 2.45) is 5.92 Å². The minimum Gasteiger partial charge on any atom is -0.477 e. The first-order valence-corrected chi connectivity index (χ1v) is 9.98. The van der Waals surface area contributed by atoms with Gasteiger partial charge in [-0.05, 0) is 24.1 Å². The summed E-state index contributed by atoms with van der Waals surface area (Å²) in [5.74, 6) is -1.36. The summed E-state index contributed by atoms with van der Waals surface area (Å²) in [6, 6.07) is 19.4. The van der Waals surface area contributed by atoms with Gasteiger partial charge in [0.15, 0.2) is 0 Å². The number of nitrogens with zero attached hydrogens (tertiary/aromatic N) is 1. The molecule has 0 aliphatic carbocycles. The summed E-state index contributed by atoms with van der Waals surface area (Å²) in [5.41, 5.74) is 3.49. The van der Waals surface area contributed by atoms with Crippen LogP contribution in [0.25, 0.3) is 10.4 Å². The lowest BCUT2D eigenvalue weighted by molar-refractivity contribution is -0.121. The van der Waals surface area contributed by atoms with Crippen LogP contribution in [0.5, 0.6) is 0 Å². The molecule has 0 unspecified atom stereocenters. The molecule has 144 valence electrons. The van der Waals surface area contributed by atoms with E-state index in [0.29, 0.717) is 12.2 Å². The molecule has 1 amide bonds. The third-order valence-corrected chi connectivity index (χ3v) is 5.64. The van der Waals surface area contributed by atoms with Crippen molar-refractivity contribution in [3.05, 3.63) is 76.7 Å². The van der Waals surface area contributed by atoms with Gasteiger partial charge in [0.1, 0.15) is 4.88 Å². The van der Waals surface area contributed by atoms with Gasteiger partial charge in [0.05, 0.1) is 12.2 Å². The summed E-state index contributed by atoms with van der Waals surface area (Å²) in [5, 5.41) is 9.77. The first kappa shape index (κ1) is 19.8. The average molecular weight is 394 g/mol. The topological polar surface area (TPSA) is 57.6 Å². The third kappa shape index (κ3) is 4.31. The van der Waals surface area contributed by atoms with Crippen molar-refractivity contribution in [3.63, 3.8) is 0 Å². The molecule has 0 spiro atoms. The molecule has 1 heterocycles. The largest absolute Gasteiger partial charge is 0.477 e. The van der Waals surface area contributed by atoms with Gasteiger partial charge in [0.2, 0.25) is 5.91 Å². The molecule has 2 aromatic carbocycles. The van der Waals surface area contributed by atoms with Gasteiger partial charge in [-0.15, -0.1) is 11.3 Å². The van der Waals surface area contributed by atoms with E-state index in [1.54, 1.807) is 4.90 Å². The van der Waals surface area contributed by atoms with Crippen LogP contribution in [0, 0.1) is 12.8 Å². The van der Waals surface area contributed by atoms with E-state index in [1.165, 1.54) is 11.3 Å². The van der Waals surface area contributed by atoms with Gasteiger partial charge in [0, 0.05) is 10.8 Å². The Labute approximate surface area is 169 Å². The quantitative estimate of drug-likeness (QED) is 0.592. The van der Waals surface area contributed by atoms with Crippen molar-refractivity contribution in [3.8, 4) is 10.4 Å². The number of anilines is 1. The smallest absolute Gasteiger partial charge is 0.348 e. The molecule has 0 aliphatic heterocycles. The van der Waals surface area contributed by atoms with Crippen molar-refractivity contribution in [2.45, 2.75) is 27.3 Å². The highest BCUT2D eigenvalue weighted by molar-refractivity contribution is 7.18. The van der Waals surface area contributed by atoms with Crippen molar-refractivity contribution >= 4 is 28.9 Å². The van der Waals surface area contributed by atoms with Gasteiger partial charge in [0.25, 0.3) is 0 Å². The van der Waals surface area contributed by atoms with Crippen LogP contribution in [-0.4, -0.2) is 17.0 Å². The fraction of sp³-hybridized carbons (Fsp3) is 0.217. The fourth-order valence-electron chi connectivity index (χ4n) is 2.95. The minimum atomic E-state index is -1.02. The normalized spacial score (nSPS) is 10.9. The maximum Gasteiger partial charge on any atom is 0.348 e. The van der Waals surface area contributed by atoms with E-state index >= 15 is 0 Å². The standard InChI is InChI=1S/C23H23NO3S/c1-15(2)22(25)24(14-17-11-9-16(3)10-12-17)19-13-20(28-21(19)23(26)27)18-7-5-4-6-8-18/h4-13,15H,14H2,1-3H3,(H,26,27). The molecule has 0 radical (unpaired) electrons. The number of aryl methyl sites for hydroxylation is 1. The highest BCUT2D eigenvalue weighted by atomic mass is 32.1. The summed E-state index contributed by atoms with van der Waals surface area (Å²) in [4.78, 5) is 27.5. The molecule has 0 fully saturated rings. The van der Waals surface area contributed by atoms with E-state index in [4.69, 9.17) is 0 Å². The summed E-state index contributed by atoms with van der Waals surface area (Å²) in [6.07, 6.45) is 0. The Morgan fingerprint density at radius 2 is 1.68 bits per heavy atom. The molecule has 1 aromatic heterocycles. The highest BCUT2D eigenvalue weighted by Gasteiger charge is 2.27. The first-order valence-electron chi connectivity index (χ1n) is 9.16. The van der Waals surface area contributed by atoms with Gasteiger partial charge >= 0.3 is 5.97 Å². The van der Waals surface area contributed by atoms with E-state index < -0.39 is 5.97 Å². The van der Waals surface area contributed by atoms with Gasteiger partial charge in [-0.1, -0.05) is 74.0 Å². The Morgan fingerprint density at radius 3 is 2.25 bits per heavy atom. The molecule has 0 aliphatic rings. The van der Waals surface area contributed by atoms with Crippen LogP contribution >= 0.6 is 11.3 Å². The number of hydrogen-bond donors (Lipinski definition) is 1. The second kappa shape index (κ2) is 8.40. The monoisotopic (exact) mass is 393 g/mol. The number of aromatic carboxylic acids is 1. The molecule has 4 nitrogen and oxygen atoms in total. The molecule has 28 heavy (non-hydrogen) atoms. The summed E-state index contributed by atoms with van der Waals surface area (Å²) in [7, 11) is 0. The summed E-state index contributed by atoms with van der Waals surface area (Å²) < 4.78 is 0. The number of carbonyl (C=O) groups excluding carboxylic acids is 1. The van der Waals surface area contributed by atoms with Crippen LogP contribution in [0.1, 0.15) is 34.6 Å². The van der Waals surface area contributed by atoms with Crippen LogP contribution in [-0.2, 0) is 11.3 Å². The predicted octanol–water partition coefficient (Wildman–Crippen LogP) is 5.61. The molecular formula is C23H23NO3S. The van der Waals surface area contributed by atoms with Crippen LogP contribution in [0.4, 0.5) is 5.69 Å². The number of carbonyl (C=O) groups is 2. The number of carboxylic acids is 1. The van der Waals surface area contributed by atoms with E-state index in [9.17, 15) is 14.7 Å². The summed E-state index contributed by atoms with van der Waals surface area (Å²) >= 11 is 1.20.